The van der Waals surface area contributed by atoms with Crippen LogP contribution in [0.4, 0.5) is 0 Å². The van der Waals surface area contributed by atoms with Gasteiger partial charge in [0.25, 0.3) is 0 Å². The molecule has 0 spiro atoms. The van der Waals surface area contributed by atoms with E-state index in [1.807, 2.05) is 6.08 Å². The van der Waals surface area contributed by atoms with Crippen molar-refractivity contribution in [3.63, 3.8) is 0 Å². The largest absolute Gasteiger partial charge is 0.394 e. The fourth-order valence-electron chi connectivity index (χ4n) is 9.79. The minimum atomic E-state index is -0.860. The third-order valence-corrected chi connectivity index (χ3v) is 14.4. The van der Waals surface area contributed by atoms with Crippen LogP contribution in [0.25, 0.3) is 0 Å². The summed E-state index contributed by atoms with van der Waals surface area (Å²) in [6.07, 6.45) is 78.0. The number of carbonyl (C=O) groups is 1. The number of aliphatic hydroxyl groups excluding tert-OH is 2. The normalized spacial score (nSPS) is 12.8. The number of unbranched alkanes of at least 4 members (excludes halogenated alkanes) is 48. The van der Waals surface area contributed by atoms with Gasteiger partial charge in [-0.3, -0.25) is 4.79 Å². The molecular formula is C62H121NO3. The second-order valence-corrected chi connectivity index (χ2v) is 21.1. The standard InChI is InChI=1S/C62H121NO3/c1-3-5-7-9-11-13-15-17-19-21-23-25-27-28-29-30-31-32-33-34-36-37-39-41-43-45-47-49-51-53-55-57-61(65)60(59-64)63-62(66)58-56-54-52-50-48-46-44-42-40-38-35-26-24-22-20-18-16-14-12-10-8-6-4-2/h47,49,55,57,60-61,64-65H,3-46,48,50-54,56,58-59H2,1-2H3,(H,63,66)/b49-47+,57-55+. The zero-order valence-electron chi connectivity index (χ0n) is 45.2. The maximum atomic E-state index is 12.5. The van der Waals surface area contributed by atoms with Gasteiger partial charge in [-0.15, -0.1) is 0 Å². The van der Waals surface area contributed by atoms with Crippen molar-refractivity contribution in [2.75, 3.05) is 6.61 Å². The van der Waals surface area contributed by atoms with Crippen molar-refractivity contribution in [2.45, 2.75) is 360 Å². The Labute approximate surface area is 415 Å². The van der Waals surface area contributed by atoms with Gasteiger partial charge in [0.05, 0.1) is 18.8 Å². The van der Waals surface area contributed by atoms with Crippen LogP contribution in [0.15, 0.2) is 24.3 Å². The van der Waals surface area contributed by atoms with Crippen molar-refractivity contribution in [3.8, 4) is 0 Å². The second kappa shape index (κ2) is 58.2. The SMILES string of the molecule is CCCCCCCCCCCCCCCCCCCCCCCCCCC/C=C/CC/C=C/C(O)C(CO)NC(=O)CCCCCCCCCCCCCCCCCCCCCCCCC. The van der Waals surface area contributed by atoms with Crippen molar-refractivity contribution in [1.82, 2.24) is 5.32 Å². The van der Waals surface area contributed by atoms with Gasteiger partial charge >= 0.3 is 0 Å². The first kappa shape index (κ1) is 64.9. The number of allylic oxidation sites excluding steroid dienone is 3. The number of aliphatic hydroxyl groups is 2. The Morgan fingerprint density at radius 3 is 0.879 bits per heavy atom. The average molecular weight is 929 g/mol. The number of amides is 1. The van der Waals surface area contributed by atoms with Gasteiger partial charge in [-0.1, -0.05) is 334 Å². The van der Waals surface area contributed by atoms with Gasteiger partial charge in [0, 0.05) is 6.42 Å². The number of hydrogen-bond acceptors (Lipinski definition) is 3. The molecule has 0 aliphatic carbocycles. The first-order chi connectivity index (χ1) is 32.7. The smallest absolute Gasteiger partial charge is 0.220 e. The van der Waals surface area contributed by atoms with Crippen LogP contribution in [-0.4, -0.2) is 34.9 Å². The molecule has 0 aliphatic rings. The summed E-state index contributed by atoms with van der Waals surface area (Å²) in [5, 5.41) is 23.2. The molecule has 0 rings (SSSR count). The van der Waals surface area contributed by atoms with E-state index in [1.54, 1.807) is 6.08 Å². The fraction of sp³-hybridized carbons (Fsp3) is 0.919. The zero-order valence-corrected chi connectivity index (χ0v) is 45.2. The van der Waals surface area contributed by atoms with Crippen LogP contribution in [-0.2, 0) is 4.79 Å². The lowest BCUT2D eigenvalue weighted by Crippen LogP contribution is -2.45. The van der Waals surface area contributed by atoms with Crippen molar-refractivity contribution in [2.24, 2.45) is 0 Å². The Hall–Kier alpha value is -1.13. The van der Waals surface area contributed by atoms with Crippen LogP contribution >= 0.6 is 0 Å². The van der Waals surface area contributed by atoms with Crippen molar-refractivity contribution in [3.05, 3.63) is 24.3 Å². The van der Waals surface area contributed by atoms with E-state index in [9.17, 15) is 15.0 Å². The van der Waals surface area contributed by atoms with Crippen LogP contribution in [0.3, 0.4) is 0 Å². The second-order valence-electron chi connectivity index (χ2n) is 21.1. The van der Waals surface area contributed by atoms with Crippen molar-refractivity contribution < 1.29 is 15.0 Å². The van der Waals surface area contributed by atoms with E-state index in [0.717, 1.165) is 32.1 Å². The van der Waals surface area contributed by atoms with Crippen LogP contribution in [0.2, 0.25) is 0 Å². The lowest BCUT2D eigenvalue weighted by atomic mass is 10.0. The average Bonchev–Trinajstić information content (AvgIpc) is 3.32. The van der Waals surface area contributed by atoms with Crippen molar-refractivity contribution in [1.29, 1.82) is 0 Å². The van der Waals surface area contributed by atoms with E-state index in [4.69, 9.17) is 0 Å². The monoisotopic (exact) mass is 928 g/mol. The molecule has 0 radical (unpaired) electrons. The Morgan fingerprint density at radius 2 is 0.591 bits per heavy atom. The van der Waals surface area contributed by atoms with Crippen LogP contribution in [0.5, 0.6) is 0 Å². The predicted octanol–water partition coefficient (Wildman–Crippen LogP) is 20.3. The fourth-order valence-corrected chi connectivity index (χ4v) is 9.79. The molecule has 0 saturated carbocycles. The summed E-state index contributed by atoms with van der Waals surface area (Å²) in [5.74, 6) is -0.0659. The molecule has 0 aromatic rings. The first-order valence-electron chi connectivity index (χ1n) is 30.6. The predicted molar refractivity (Wildman–Crippen MR) is 295 cm³/mol. The van der Waals surface area contributed by atoms with Crippen LogP contribution in [0.1, 0.15) is 348 Å². The van der Waals surface area contributed by atoms with Crippen LogP contribution in [0, 0.1) is 0 Å². The minimum Gasteiger partial charge on any atom is -0.394 e. The number of hydrogen-bond donors (Lipinski definition) is 3. The van der Waals surface area contributed by atoms with Gasteiger partial charge in [-0.05, 0) is 32.1 Å². The molecule has 0 aromatic heterocycles. The molecular weight excluding hydrogens is 807 g/mol. The summed E-state index contributed by atoms with van der Waals surface area (Å²) in [6.45, 7) is 4.34. The summed E-state index contributed by atoms with van der Waals surface area (Å²) >= 11 is 0. The Bertz CT molecular complexity index is 963. The summed E-state index contributed by atoms with van der Waals surface area (Å²) < 4.78 is 0. The highest BCUT2D eigenvalue weighted by molar-refractivity contribution is 5.76. The van der Waals surface area contributed by atoms with E-state index in [-0.39, 0.29) is 12.5 Å². The molecule has 2 unspecified atom stereocenters. The Balaban J connectivity index is 3.46. The van der Waals surface area contributed by atoms with Gasteiger partial charge in [-0.2, -0.15) is 0 Å². The van der Waals surface area contributed by atoms with Gasteiger partial charge in [0.1, 0.15) is 0 Å². The van der Waals surface area contributed by atoms with Gasteiger partial charge in [0.2, 0.25) is 5.91 Å². The maximum absolute atomic E-state index is 12.5. The molecule has 0 aliphatic heterocycles. The third kappa shape index (κ3) is 53.8. The van der Waals surface area contributed by atoms with Crippen LogP contribution < -0.4 is 5.32 Å². The number of nitrogens with one attached hydrogen (secondary N) is 1. The van der Waals surface area contributed by atoms with Crippen molar-refractivity contribution >= 4 is 5.91 Å². The molecule has 4 nitrogen and oxygen atoms in total. The minimum absolute atomic E-state index is 0.0659. The Kier molecular flexibility index (Phi) is 57.2. The first-order valence-corrected chi connectivity index (χ1v) is 30.6. The summed E-state index contributed by atoms with van der Waals surface area (Å²) in [5.41, 5.74) is 0. The molecule has 2 atom stereocenters. The summed E-state index contributed by atoms with van der Waals surface area (Å²) in [7, 11) is 0. The quantitative estimate of drug-likeness (QED) is 0.0420. The highest BCUT2D eigenvalue weighted by Crippen LogP contribution is 2.18. The highest BCUT2D eigenvalue weighted by atomic mass is 16.3. The number of carbonyl (C=O) groups excluding carboxylic acids is 1. The maximum Gasteiger partial charge on any atom is 0.220 e. The molecule has 0 saturated heterocycles. The zero-order chi connectivity index (χ0) is 47.7. The van der Waals surface area contributed by atoms with E-state index >= 15 is 0 Å². The molecule has 0 aromatic carbocycles. The van der Waals surface area contributed by atoms with E-state index < -0.39 is 12.1 Å². The highest BCUT2D eigenvalue weighted by Gasteiger charge is 2.18. The molecule has 0 heterocycles. The lowest BCUT2D eigenvalue weighted by Gasteiger charge is -2.19. The number of rotatable bonds is 57. The van der Waals surface area contributed by atoms with E-state index in [1.165, 1.54) is 295 Å². The molecule has 0 fully saturated rings. The molecule has 1 amide bonds. The molecule has 0 bridgehead atoms. The lowest BCUT2D eigenvalue weighted by molar-refractivity contribution is -0.123. The van der Waals surface area contributed by atoms with E-state index in [2.05, 4.69) is 31.3 Å². The van der Waals surface area contributed by atoms with E-state index in [0.29, 0.717) is 6.42 Å². The topological polar surface area (TPSA) is 69.6 Å². The van der Waals surface area contributed by atoms with Gasteiger partial charge in [0.15, 0.2) is 0 Å². The Morgan fingerprint density at radius 1 is 0.348 bits per heavy atom. The molecule has 4 heteroatoms. The molecule has 3 N–H and O–H groups in total. The van der Waals surface area contributed by atoms with Gasteiger partial charge < -0.3 is 15.5 Å². The molecule has 66 heavy (non-hydrogen) atoms. The third-order valence-electron chi connectivity index (χ3n) is 14.4. The van der Waals surface area contributed by atoms with Gasteiger partial charge in [-0.25, -0.2) is 0 Å². The summed E-state index contributed by atoms with van der Waals surface area (Å²) in [4.78, 5) is 12.5. The summed E-state index contributed by atoms with van der Waals surface area (Å²) in [6, 6.07) is -0.637. The molecule has 392 valence electrons.